The summed E-state index contributed by atoms with van der Waals surface area (Å²) in [4.78, 5) is 27.5. The number of aryl methyl sites for hydroxylation is 1. The van der Waals surface area contributed by atoms with E-state index in [9.17, 15) is 9.59 Å². The van der Waals surface area contributed by atoms with Gasteiger partial charge in [-0.25, -0.2) is 4.68 Å². The van der Waals surface area contributed by atoms with Crippen LogP contribution in [0.1, 0.15) is 32.9 Å². The van der Waals surface area contributed by atoms with Crippen LogP contribution in [-0.4, -0.2) is 32.9 Å². The van der Waals surface area contributed by atoms with Gasteiger partial charge in [0.1, 0.15) is 0 Å². The summed E-state index contributed by atoms with van der Waals surface area (Å²) < 4.78 is 1.72. The Labute approximate surface area is 158 Å². The molecule has 0 unspecified atom stereocenters. The first-order valence-electron chi connectivity index (χ1n) is 9.08. The van der Waals surface area contributed by atoms with Crippen molar-refractivity contribution >= 4 is 11.7 Å². The first kappa shape index (κ1) is 17.2. The lowest BCUT2D eigenvalue weighted by Crippen LogP contribution is -2.40. The smallest absolute Gasteiger partial charge is 0.295 e. The van der Waals surface area contributed by atoms with Gasteiger partial charge in [-0.2, -0.15) is 5.10 Å². The SMILES string of the molecule is Cc1nn(-c2ccccc2)c(C)c1C(=O)C(=O)N1CCc2ccccc2C1. The van der Waals surface area contributed by atoms with E-state index in [-0.39, 0.29) is 0 Å². The van der Waals surface area contributed by atoms with Gasteiger partial charge in [0, 0.05) is 13.1 Å². The van der Waals surface area contributed by atoms with Gasteiger partial charge in [0.05, 0.1) is 22.6 Å². The highest BCUT2D eigenvalue weighted by molar-refractivity contribution is 6.43. The zero-order valence-electron chi connectivity index (χ0n) is 15.5. The van der Waals surface area contributed by atoms with Crippen molar-refractivity contribution in [3.8, 4) is 5.69 Å². The zero-order chi connectivity index (χ0) is 19.0. The third kappa shape index (κ3) is 3.05. The molecule has 1 aliphatic rings. The van der Waals surface area contributed by atoms with Crippen LogP contribution in [0.2, 0.25) is 0 Å². The van der Waals surface area contributed by atoms with Gasteiger partial charge in [0.25, 0.3) is 11.7 Å². The number of para-hydroxylation sites is 1. The predicted octanol–water partition coefficient (Wildman–Crippen LogP) is 3.26. The van der Waals surface area contributed by atoms with Gasteiger partial charge in [0.2, 0.25) is 0 Å². The van der Waals surface area contributed by atoms with E-state index in [1.54, 1.807) is 16.5 Å². The number of hydrogen-bond acceptors (Lipinski definition) is 3. The Balaban J connectivity index is 1.62. The van der Waals surface area contributed by atoms with E-state index in [0.29, 0.717) is 30.0 Å². The minimum atomic E-state index is -0.480. The number of nitrogens with zero attached hydrogens (tertiary/aromatic N) is 3. The number of aromatic nitrogens is 2. The molecule has 5 heteroatoms. The first-order valence-corrected chi connectivity index (χ1v) is 9.08. The fraction of sp³-hybridized carbons (Fsp3) is 0.227. The summed E-state index contributed by atoms with van der Waals surface area (Å²) in [6, 6.07) is 17.7. The summed E-state index contributed by atoms with van der Waals surface area (Å²) in [5.74, 6) is -0.935. The maximum Gasteiger partial charge on any atom is 0.295 e. The van der Waals surface area contributed by atoms with Crippen LogP contribution in [0, 0.1) is 13.8 Å². The van der Waals surface area contributed by atoms with Crippen molar-refractivity contribution in [3.63, 3.8) is 0 Å². The Bertz CT molecular complexity index is 1020. The summed E-state index contributed by atoms with van der Waals surface area (Å²) in [5.41, 5.74) is 4.90. The van der Waals surface area contributed by atoms with E-state index < -0.39 is 11.7 Å². The fourth-order valence-electron chi connectivity index (χ4n) is 3.71. The Kier molecular flexibility index (Phi) is 4.36. The largest absolute Gasteiger partial charge is 0.331 e. The Hall–Kier alpha value is -3.21. The fourth-order valence-corrected chi connectivity index (χ4v) is 3.71. The Morgan fingerprint density at radius 3 is 2.33 bits per heavy atom. The maximum absolute atomic E-state index is 13.0. The number of fused-ring (bicyclic) bond motifs is 1. The molecule has 1 aliphatic heterocycles. The highest BCUT2D eigenvalue weighted by Crippen LogP contribution is 2.22. The highest BCUT2D eigenvalue weighted by Gasteiger charge is 2.30. The molecule has 2 heterocycles. The number of carbonyl (C=O) groups is 2. The molecule has 0 saturated heterocycles. The van der Waals surface area contributed by atoms with Crippen LogP contribution in [0.5, 0.6) is 0 Å². The number of ketones is 1. The van der Waals surface area contributed by atoms with Gasteiger partial charge in [0.15, 0.2) is 0 Å². The molecule has 2 aromatic carbocycles. The third-order valence-electron chi connectivity index (χ3n) is 5.13. The molecule has 0 N–H and O–H groups in total. The average Bonchev–Trinajstić information content (AvgIpc) is 3.01. The van der Waals surface area contributed by atoms with Crippen molar-refractivity contribution in [2.75, 3.05) is 6.54 Å². The predicted molar refractivity (Wildman–Crippen MR) is 103 cm³/mol. The molecule has 136 valence electrons. The monoisotopic (exact) mass is 359 g/mol. The second kappa shape index (κ2) is 6.83. The molecule has 5 nitrogen and oxygen atoms in total. The van der Waals surface area contributed by atoms with Crippen LogP contribution in [0.25, 0.3) is 5.69 Å². The van der Waals surface area contributed by atoms with Crippen LogP contribution in [0.4, 0.5) is 0 Å². The lowest BCUT2D eigenvalue weighted by atomic mass is 9.99. The summed E-state index contributed by atoms with van der Waals surface area (Å²) in [7, 11) is 0. The van der Waals surface area contributed by atoms with Gasteiger partial charge in [-0.3, -0.25) is 9.59 Å². The molecule has 0 spiro atoms. The quantitative estimate of drug-likeness (QED) is 0.533. The van der Waals surface area contributed by atoms with Crippen molar-refractivity contribution in [2.45, 2.75) is 26.8 Å². The van der Waals surface area contributed by atoms with E-state index in [4.69, 9.17) is 0 Å². The van der Waals surface area contributed by atoms with E-state index in [1.807, 2.05) is 55.5 Å². The molecular weight excluding hydrogens is 338 g/mol. The summed E-state index contributed by atoms with van der Waals surface area (Å²) in [5, 5.41) is 4.49. The number of benzene rings is 2. The van der Waals surface area contributed by atoms with Crippen LogP contribution in [-0.2, 0) is 17.8 Å². The van der Waals surface area contributed by atoms with Crippen molar-refractivity contribution < 1.29 is 9.59 Å². The molecule has 1 aromatic heterocycles. The average molecular weight is 359 g/mol. The second-order valence-electron chi connectivity index (χ2n) is 6.87. The summed E-state index contributed by atoms with van der Waals surface area (Å²) in [6.07, 6.45) is 0.774. The Morgan fingerprint density at radius 1 is 0.926 bits per heavy atom. The van der Waals surface area contributed by atoms with Crippen LogP contribution in [0.3, 0.4) is 0 Å². The van der Waals surface area contributed by atoms with Gasteiger partial charge >= 0.3 is 0 Å². The molecule has 0 bridgehead atoms. The summed E-state index contributed by atoms with van der Waals surface area (Å²) in [6.45, 7) is 4.65. The number of rotatable bonds is 3. The number of amides is 1. The van der Waals surface area contributed by atoms with E-state index in [0.717, 1.165) is 17.7 Å². The highest BCUT2D eigenvalue weighted by atomic mass is 16.2. The molecular formula is C22H21N3O2. The molecule has 0 aliphatic carbocycles. The molecule has 27 heavy (non-hydrogen) atoms. The summed E-state index contributed by atoms with van der Waals surface area (Å²) >= 11 is 0. The zero-order valence-corrected chi connectivity index (χ0v) is 15.5. The second-order valence-corrected chi connectivity index (χ2v) is 6.87. The third-order valence-corrected chi connectivity index (χ3v) is 5.13. The van der Waals surface area contributed by atoms with Crippen LogP contribution < -0.4 is 0 Å². The molecule has 0 fully saturated rings. The van der Waals surface area contributed by atoms with Crippen molar-refractivity contribution in [1.82, 2.24) is 14.7 Å². The molecule has 1 amide bonds. The maximum atomic E-state index is 13.0. The molecule has 3 aromatic rings. The normalized spacial score (nSPS) is 13.3. The lowest BCUT2D eigenvalue weighted by molar-refractivity contribution is -0.127. The first-order chi connectivity index (χ1) is 13.1. The minimum absolute atomic E-state index is 0.405. The molecule has 4 rings (SSSR count). The number of hydrogen-bond donors (Lipinski definition) is 0. The molecule has 0 radical (unpaired) electrons. The van der Waals surface area contributed by atoms with Gasteiger partial charge in [-0.05, 0) is 43.5 Å². The number of carbonyl (C=O) groups excluding carboxylic acids is 2. The minimum Gasteiger partial charge on any atom is -0.331 e. The van der Waals surface area contributed by atoms with E-state index in [1.165, 1.54) is 5.56 Å². The van der Waals surface area contributed by atoms with Gasteiger partial charge < -0.3 is 4.90 Å². The molecule has 0 saturated carbocycles. The van der Waals surface area contributed by atoms with Crippen molar-refractivity contribution in [1.29, 1.82) is 0 Å². The van der Waals surface area contributed by atoms with Gasteiger partial charge in [-0.1, -0.05) is 42.5 Å². The molecule has 0 atom stereocenters. The van der Waals surface area contributed by atoms with E-state index >= 15 is 0 Å². The topological polar surface area (TPSA) is 55.2 Å². The van der Waals surface area contributed by atoms with Gasteiger partial charge in [-0.15, -0.1) is 0 Å². The lowest BCUT2D eigenvalue weighted by Gasteiger charge is -2.28. The van der Waals surface area contributed by atoms with Crippen LogP contribution >= 0.6 is 0 Å². The standard InChI is InChI=1S/C22H21N3O2/c1-15-20(16(2)25(23-15)19-10-4-3-5-11-19)21(26)22(27)24-13-12-17-8-6-7-9-18(17)14-24/h3-11H,12-14H2,1-2H3. The van der Waals surface area contributed by atoms with Crippen LogP contribution in [0.15, 0.2) is 54.6 Å². The Morgan fingerprint density at radius 2 is 1.59 bits per heavy atom. The van der Waals surface area contributed by atoms with Crippen molar-refractivity contribution in [2.24, 2.45) is 0 Å². The number of Topliss-reactive ketones (excluding diaryl/α,β-unsaturated/α-hetero) is 1. The van der Waals surface area contributed by atoms with Crippen molar-refractivity contribution in [3.05, 3.63) is 82.7 Å². The van der Waals surface area contributed by atoms with E-state index in [2.05, 4.69) is 11.2 Å².